The van der Waals surface area contributed by atoms with E-state index in [2.05, 4.69) is 30.3 Å². The molecule has 5 rings (SSSR count). The maximum Gasteiger partial charge on any atom is 0.228 e. The maximum atomic E-state index is 15.0. The molecule has 1 aromatic carbocycles. The first-order chi connectivity index (χ1) is 19.0. The van der Waals surface area contributed by atoms with Gasteiger partial charge < -0.3 is 15.4 Å². The van der Waals surface area contributed by atoms with Crippen LogP contribution in [0.15, 0.2) is 36.7 Å². The Kier molecular flexibility index (Phi) is 7.93. The molecule has 2 aliphatic rings. The Labute approximate surface area is 228 Å². The van der Waals surface area contributed by atoms with Crippen molar-refractivity contribution in [1.29, 1.82) is 0 Å². The van der Waals surface area contributed by atoms with Gasteiger partial charge in [0.15, 0.2) is 11.6 Å². The molecule has 0 spiro atoms. The molecule has 9 nitrogen and oxygen atoms in total. The summed E-state index contributed by atoms with van der Waals surface area (Å²) in [6, 6.07) is 5.07. The fourth-order valence-electron chi connectivity index (χ4n) is 4.62. The zero-order valence-electron chi connectivity index (χ0n) is 21.6. The van der Waals surface area contributed by atoms with Gasteiger partial charge in [0.1, 0.15) is 11.5 Å². The van der Waals surface area contributed by atoms with Crippen LogP contribution in [0, 0.1) is 17.5 Å². The van der Waals surface area contributed by atoms with Crippen LogP contribution in [0.1, 0.15) is 38.2 Å². The molecule has 214 valence electrons. The van der Waals surface area contributed by atoms with E-state index in [1.807, 2.05) is 0 Å². The zero-order chi connectivity index (χ0) is 28.5. The number of nitrogens with one attached hydrogen (secondary N) is 3. The summed E-state index contributed by atoms with van der Waals surface area (Å²) < 4.78 is 91.1. The van der Waals surface area contributed by atoms with Gasteiger partial charge in [0.25, 0.3) is 0 Å². The normalized spacial score (nSPS) is 21.6. The summed E-state index contributed by atoms with van der Waals surface area (Å²) in [5.74, 6) is -4.99. The molecule has 3 heterocycles. The Bertz CT molecular complexity index is 1500. The number of piperidine rings is 1. The van der Waals surface area contributed by atoms with Gasteiger partial charge in [-0.05, 0) is 38.0 Å². The topological polar surface area (TPSA) is 118 Å². The zero-order valence-corrected chi connectivity index (χ0v) is 22.4. The smallest absolute Gasteiger partial charge is 0.228 e. The molecule has 2 aromatic heterocycles. The molecule has 1 saturated heterocycles. The predicted octanol–water partition coefficient (Wildman–Crippen LogP) is 4.22. The Morgan fingerprint density at radius 3 is 2.67 bits per heavy atom. The lowest BCUT2D eigenvalue weighted by molar-refractivity contribution is 0.137. The molecule has 0 bridgehead atoms. The van der Waals surface area contributed by atoms with E-state index in [4.69, 9.17) is 4.74 Å². The lowest BCUT2D eigenvalue weighted by Gasteiger charge is -2.33. The second-order valence-corrected chi connectivity index (χ2v) is 12.2. The molecule has 3 aromatic rings. The van der Waals surface area contributed by atoms with E-state index in [0.717, 1.165) is 6.42 Å². The van der Waals surface area contributed by atoms with E-state index >= 15 is 0 Å². The molecule has 1 aliphatic carbocycles. The van der Waals surface area contributed by atoms with Crippen LogP contribution < -0.4 is 20.1 Å². The van der Waals surface area contributed by atoms with Crippen molar-refractivity contribution in [3.8, 4) is 22.9 Å². The molecule has 14 heteroatoms. The first-order valence-corrected chi connectivity index (χ1v) is 14.3. The molecular formula is C26H28F4N6O3S. The Balaban J connectivity index is 1.36. The van der Waals surface area contributed by atoms with Crippen molar-refractivity contribution >= 4 is 16.0 Å². The monoisotopic (exact) mass is 580 g/mol. The minimum atomic E-state index is -3.77. The predicted molar refractivity (Wildman–Crippen MR) is 139 cm³/mol. The number of aromatic nitrogens is 3. The van der Waals surface area contributed by atoms with E-state index in [1.54, 1.807) is 18.2 Å². The number of hydrogen-bond donors (Lipinski definition) is 3. The molecule has 2 atom stereocenters. The maximum absolute atomic E-state index is 15.0. The first-order valence-electron chi connectivity index (χ1n) is 12.8. The first kappa shape index (κ1) is 28.2. The summed E-state index contributed by atoms with van der Waals surface area (Å²) in [7, 11) is -3.77. The highest BCUT2D eigenvalue weighted by atomic mass is 32.2. The molecule has 1 aliphatic heterocycles. The van der Waals surface area contributed by atoms with Gasteiger partial charge in [-0.2, -0.15) is 4.39 Å². The van der Waals surface area contributed by atoms with Crippen LogP contribution in [0.5, 0.6) is 11.6 Å². The van der Waals surface area contributed by atoms with Gasteiger partial charge >= 0.3 is 0 Å². The molecule has 3 N–H and O–H groups in total. The Hall–Kier alpha value is -3.36. The van der Waals surface area contributed by atoms with Crippen LogP contribution in [0.4, 0.5) is 23.5 Å². The highest BCUT2D eigenvalue weighted by molar-refractivity contribution is 7.90. The second kappa shape index (κ2) is 11.3. The fourth-order valence-corrected chi connectivity index (χ4v) is 6.15. The molecular weight excluding hydrogens is 552 g/mol. The molecule has 0 radical (unpaired) electrons. The fraction of sp³-hybridized carbons (Fsp3) is 0.423. The van der Waals surface area contributed by atoms with Crippen LogP contribution in [-0.4, -0.2) is 53.4 Å². The van der Waals surface area contributed by atoms with E-state index in [9.17, 15) is 26.0 Å². The van der Waals surface area contributed by atoms with Gasteiger partial charge in [-0.25, -0.2) is 41.3 Å². The van der Waals surface area contributed by atoms with E-state index in [0.29, 0.717) is 31.1 Å². The Morgan fingerprint density at radius 2 is 1.95 bits per heavy atom. The summed E-state index contributed by atoms with van der Waals surface area (Å²) in [5.41, 5.74) is -1.55. The van der Waals surface area contributed by atoms with Gasteiger partial charge in [-0.1, -0.05) is 6.42 Å². The largest absolute Gasteiger partial charge is 0.435 e. The third-order valence-electron chi connectivity index (χ3n) is 6.96. The molecule has 0 unspecified atom stereocenters. The number of anilines is 1. The van der Waals surface area contributed by atoms with Crippen LogP contribution in [-0.2, 0) is 16.6 Å². The highest BCUT2D eigenvalue weighted by Crippen LogP contribution is 2.34. The minimum Gasteiger partial charge on any atom is -0.435 e. The standard InChI is InChI=1S/C26H28F4N6O3S/c1-26(30)11-15(12-31-14-26)35-25-33-9-7-20(36-25)17-6-3-8-32-24(17)39-21-10-19(27)18(22(28)23(21)29)13-34-40(37,38)16-4-2-5-16/h3,6-10,15-16,31,34H,2,4-5,11-14H2,1H3,(H,33,35,36)/t15-,26-/m0/s1. The van der Waals surface area contributed by atoms with Crippen molar-refractivity contribution < 1.29 is 30.7 Å². The van der Waals surface area contributed by atoms with Crippen molar-refractivity contribution in [3.05, 3.63) is 59.7 Å². The summed E-state index contributed by atoms with van der Waals surface area (Å²) in [4.78, 5) is 12.7. The molecule has 0 amide bonds. The van der Waals surface area contributed by atoms with E-state index in [-0.39, 0.29) is 36.4 Å². The highest BCUT2D eigenvalue weighted by Gasteiger charge is 2.33. The van der Waals surface area contributed by atoms with E-state index in [1.165, 1.54) is 19.3 Å². The third-order valence-corrected chi connectivity index (χ3v) is 8.86. The van der Waals surface area contributed by atoms with Crippen molar-refractivity contribution in [2.75, 3.05) is 18.4 Å². The number of hydrogen-bond acceptors (Lipinski definition) is 8. The number of nitrogens with zero attached hydrogens (tertiary/aromatic N) is 3. The van der Waals surface area contributed by atoms with Gasteiger partial charge in [0.2, 0.25) is 27.7 Å². The molecule has 1 saturated carbocycles. The van der Waals surface area contributed by atoms with Crippen molar-refractivity contribution in [3.63, 3.8) is 0 Å². The van der Waals surface area contributed by atoms with Gasteiger partial charge in [-0.3, -0.25) is 0 Å². The third kappa shape index (κ3) is 6.18. The number of rotatable bonds is 9. The Morgan fingerprint density at radius 1 is 1.15 bits per heavy atom. The van der Waals surface area contributed by atoms with Gasteiger partial charge in [-0.15, -0.1) is 0 Å². The summed E-state index contributed by atoms with van der Waals surface area (Å²) >= 11 is 0. The van der Waals surface area contributed by atoms with Crippen molar-refractivity contribution in [2.45, 2.75) is 56.1 Å². The summed E-state index contributed by atoms with van der Waals surface area (Å²) in [6.45, 7) is 1.53. The van der Waals surface area contributed by atoms with Crippen molar-refractivity contribution in [1.82, 2.24) is 25.0 Å². The number of alkyl halides is 1. The lowest BCUT2D eigenvalue weighted by atomic mass is 9.95. The number of sulfonamides is 1. The van der Waals surface area contributed by atoms with Crippen LogP contribution in [0.2, 0.25) is 0 Å². The average molecular weight is 581 g/mol. The number of pyridine rings is 1. The minimum absolute atomic E-state index is 0.182. The number of halogens is 4. The molecule has 2 fully saturated rings. The molecule has 40 heavy (non-hydrogen) atoms. The lowest BCUT2D eigenvalue weighted by Crippen LogP contribution is -2.50. The van der Waals surface area contributed by atoms with Gasteiger partial charge in [0, 0.05) is 56.1 Å². The van der Waals surface area contributed by atoms with Gasteiger partial charge in [0.05, 0.1) is 16.5 Å². The van der Waals surface area contributed by atoms with Crippen LogP contribution >= 0.6 is 0 Å². The van der Waals surface area contributed by atoms with Crippen molar-refractivity contribution in [2.24, 2.45) is 0 Å². The number of ether oxygens (including phenoxy) is 1. The SMILES string of the molecule is C[C@@]1(F)CNC[C@@H](Nc2nccc(-c3cccnc3Oc3cc(F)c(CNS(=O)(=O)C4CCC4)c(F)c3F)n2)C1. The average Bonchev–Trinajstić information content (AvgIpc) is 2.85. The second-order valence-electron chi connectivity index (χ2n) is 10.2. The van der Waals surface area contributed by atoms with E-state index < -0.39 is 56.3 Å². The van der Waals surface area contributed by atoms with Crippen LogP contribution in [0.25, 0.3) is 11.3 Å². The summed E-state index contributed by atoms with van der Waals surface area (Å²) in [5, 5.41) is 5.49. The van der Waals surface area contributed by atoms with Crippen LogP contribution in [0.3, 0.4) is 0 Å². The number of benzene rings is 1. The summed E-state index contributed by atoms with van der Waals surface area (Å²) in [6.07, 6.45) is 4.76. The quantitative estimate of drug-likeness (QED) is 0.254.